The lowest BCUT2D eigenvalue weighted by Crippen LogP contribution is -2.02. The molecule has 130 valence electrons. The Morgan fingerprint density at radius 3 is 2.68 bits per heavy atom. The third kappa shape index (κ3) is 4.04. The Bertz CT molecular complexity index is 861. The van der Waals surface area contributed by atoms with Crippen LogP contribution in [0.2, 0.25) is 0 Å². The van der Waals surface area contributed by atoms with Gasteiger partial charge in [-0.3, -0.25) is 9.48 Å². The number of unbranched alkanes of at least 4 members (excludes halogenated alkanes) is 1. The Hall–Kier alpha value is -2.27. The van der Waals surface area contributed by atoms with Gasteiger partial charge in [0.05, 0.1) is 23.1 Å². The Morgan fingerprint density at radius 2 is 2.00 bits per heavy atom. The number of thiazole rings is 1. The number of hydrogen-bond acceptors (Lipinski definition) is 4. The van der Waals surface area contributed by atoms with Crippen molar-refractivity contribution < 1.29 is 4.79 Å². The highest BCUT2D eigenvalue weighted by atomic mass is 32.1. The van der Waals surface area contributed by atoms with Crippen LogP contribution in [-0.2, 0) is 17.8 Å². The van der Waals surface area contributed by atoms with Crippen LogP contribution in [0.25, 0.3) is 21.8 Å². The van der Waals surface area contributed by atoms with Crippen LogP contribution < -0.4 is 0 Å². The predicted molar refractivity (Wildman–Crippen MR) is 103 cm³/mol. The summed E-state index contributed by atoms with van der Waals surface area (Å²) in [6.07, 6.45) is 4.51. The molecule has 0 atom stereocenters. The fourth-order valence-electron chi connectivity index (χ4n) is 2.80. The monoisotopic (exact) mass is 353 g/mol. The standard InChI is InChI=1S/C20H23N3OS/c1-4-5-10-23-19(16-8-6-14(2)7-9-16)18(12-21-23)20-22-17(13-25-20)11-15(3)24/h6-9,12-13H,4-5,10-11H2,1-3H3. The van der Waals surface area contributed by atoms with E-state index in [2.05, 4.69) is 52.9 Å². The zero-order valence-corrected chi connectivity index (χ0v) is 15.8. The molecular weight excluding hydrogens is 330 g/mol. The molecule has 0 aliphatic heterocycles. The van der Waals surface area contributed by atoms with E-state index in [1.807, 2.05) is 11.6 Å². The first-order valence-corrected chi connectivity index (χ1v) is 9.53. The molecule has 0 unspecified atom stereocenters. The van der Waals surface area contributed by atoms with Crippen LogP contribution >= 0.6 is 11.3 Å². The topological polar surface area (TPSA) is 47.8 Å². The molecule has 3 aromatic rings. The van der Waals surface area contributed by atoms with Crippen LogP contribution in [0.15, 0.2) is 35.8 Å². The van der Waals surface area contributed by atoms with Gasteiger partial charge in [-0.05, 0) is 20.3 Å². The smallest absolute Gasteiger partial charge is 0.135 e. The number of ketones is 1. The van der Waals surface area contributed by atoms with Gasteiger partial charge in [0, 0.05) is 23.9 Å². The minimum Gasteiger partial charge on any atom is -0.300 e. The Kier molecular flexibility index (Phi) is 5.43. The van der Waals surface area contributed by atoms with Gasteiger partial charge in [-0.25, -0.2) is 4.98 Å². The molecule has 1 aromatic carbocycles. The Morgan fingerprint density at radius 1 is 1.24 bits per heavy atom. The largest absolute Gasteiger partial charge is 0.300 e. The van der Waals surface area contributed by atoms with Crippen molar-refractivity contribution >= 4 is 17.1 Å². The van der Waals surface area contributed by atoms with Crippen molar-refractivity contribution in [3.63, 3.8) is 0 Å². The molecule has 0 radical (unpaired) electrons. The third-order valence-electron chi connectivity index (χ3n) is 4.10. The number of rotatable bonds is 7. The Balaban J connectivity index is 2.04. The van der Waals surface area contributed by atoms with Crippen molar-refractivity contribution in [3.05, 3.63) is 47.1 Å². The van der Waals surface area contributed by atoms with Crippen molar-refractivity contribution in [2.24, 2.45) is 0 Å². The number of aryl methyl sites for hydroxylation is 2. The fraction of sp³-hybridized carbons (Fsp3) is 0.350. The molecule has 0 aliphatic rings. The lowest BCUT2D eigenvalue weighted by Gasteiger charge is -2.09. The van der Waals surface area contributed by atoms with Crippen molar-refractivity contribution in [2.75, 3.05) is 0 Å². The summed E-state index contributed by atoms with van der Waals surface area (Å²) in [5, 5.41) is 7.51. The van der Waals surface area contributed by atoms with Crippen LogP contribution in [0, 0.1) is 6.92 Å². The van der Waals surface area contributed by atoms with Crippen LogP contribution in [0.1, 0.15) is 37.9 Å². The first-order valence-electron chi connectivity index (χ1n) is 8.65. The molecule has 5 heteroatoms. The average Bonchev–Trinajstić information content (AvgIpc) is 3.19. The van der Waals surface area contributed by atoms with Crippen LogP contribution in [0.4, 0.5) is 0 Å². The second kappa shape index (κ2) is 7.74. The van der Waals surface area contributed by atoms with E-state index in [1.54, 1.807) is 18.3 Å². The zero-order valence-electron chi connectivity index (χ0n) is 15.0. The summed E-state index contributed by atoms with van der Waals surface area (Å²) in [7, 11) is 0. The molecule has 0 saturated heterocycles. The van der Waals surface area contributed by atoms with E-state index in [4.69, 9.17) is 0 Å². The fourth-order valence-corrected chi connectivity index (χ4v) is 3.63. The van der Waals surface area contributed by atoms with Crippen molar-refractivity contribution in [1.29, 1.82) is 0 Å². The first kappa shape index (κ1) is 17.5. The van der Waals surface area contributed by atoms with Crippen LogP contribution in [0.3, 0.4) is 0 Å². The number of benzene rings is 1. The minimum absolute atomic E-state index is 0.134. The van der Waals surface area contributed by atoms with Crippen molar-refractivity contribution in [1.82, 2.24) is 14.8 Å². The summed E-state index contributed by atoms with van der Waals surface area (Å²) < 4.78 is 2.08. The highest BCUT2D eigenvalue weighted by Gasteiger charge is 2.17. The molecule has 0 saturated carbocycles. The van der Waals surface area contributed by atoms with Crippen molar-refractivity contribution in [3.8, 4) is 21.8 Å². The third-order valence-corrected chi connectivity index (χ3v) is 5.02. The molecule has 0 aliphatic carbocycles. The summed E-state index contributed by atoms with van der Waals surface area (Å²) >= 11 is 1.58. The van der Waals surface area contributed by atoms with E-state index in [9.17, 15) is 4.79 Å². The number of aromatic nitrogens is 3. The number of Topliss-reactive ketones (excluding diaryl/α,β-unsaturated/α-hetero) is 1. The van der Waals surface area contributed by atoms with Gasteiger partial charge >= 0.3 is 0 Å². The highest BCUT2D eigenvalue weighted by Crippen LogP contribution is 2.34. The van der Waals surface area contributed by atoms with E-state index in [0.29, 0.717) is 6.42 Å². The molecule has 0 N–H and O–H groups in total. The van der Waals surface area contributed by atoms with Gasteiger partial charge in [0.15, 0.2) is 0 Å². The summed E-state index contributed by atoms with van der Waals surface area (Å²) in [5.41, 5.74) is 5.38. The Labute approximate surface area is 152 Å². The van der Waals surface area contributed by atoms with Gasteiger partial charge < -0.3 is 0 Å². The number of hydrogen-bond donors (Lipinski definition) is 0. The van der Waals surface area contributed by atoms with Gasteiger partial charge in [0.2, 0.25) is 0 Å². The summed E-state index contributed by atoms with van der Waals surface area (Å²) in [5.74, 6) is 0.134. The number of nitrogens with zero attached hydrogens (tertiary/aromatic N) is 3. The second-order valence-corrected chi connectivity index (χ2v) is 7.23. The molecule has 0 fully saturated rings. The second-order valence-electron chi connectivity index (χ2n) is 6.37. The van der Waals surface area contributed by atoms with Gasteiger partial charge in [-0.1, -0.05) is 43.2 Å². The maximum atomic E-state index is 11.3. The van der Waals surface area contributed by atoms with Gasteiger partial charge in [0.25, 0.3) is 0 Å². The minimum atomic E-state index is 0.134. The molecule has 4 nitrogen and oxygen atoms in total. The molecule has 0 bridgehead atoms. The van der Waals surface area contributed by atoms with Gasteiger partial charge in [0.1, 0.15) is 10.8 Å². The van der Waals surface area contributed by atoms with E-state index in [-0.39, 0.29) is 5.78 Å². The van der Waals surface area contributed by atoms with Gasteiger partial charge in [-0.15, -0.1) is 11.3 Å². The summed E-state index contributed by atoms with van der Waals surface area (Å²) in [6, 6.07) is 8.53. The first-order chi connectivity index (χ1) is 12.1. The molecule has 0 spiro atoms. The van der Waals surface area contributed by atoms with Gasteiger partial charge in [-0.2, -0.15) is 5.10 Å². The van der Waals surface area contributed by atoms with E-state index >= 15 is 0 Å². The normalized spacial score (nSPS) is 11.0. The van der Waals surface area contributed by atoms with E-state index < -0.39 is 0 Å². The zero-order chi connectivity index (χ0) is 17.8. The predicted octanol–water partition coefficient (Wildman–Crippen LogP) is 4.91. The number of carbonyl (C=O) groups is 1. The quantitative estimate of drug-likeness (QED) is 0.606. The lowest BCUT2D eigenvalue weighted by atomic mass is 10.1. The summed E-state index contributed by atoms with van der Waals surface area (Å²) in [4.78, 5) is 16.0. The average molecular weight is 353 g/mol. The summed E-state index contributed by atoms with van der Waals surface area (Å²) in [6.45, 7) is 6.77. The molecular formula is C20H23N3OS. The molecule has 25 heavy (non-hydrogen) atoms. The highest BCUT2D eigenvalue weighted by molar-refractivity contribution is 7.13. The molecule has 2 heterocycles. The lowest BCUT2D eigenvalue weighted by molar-refractivity contribution is -0.116. The molecule has 3 rings (SSSR count). The van der Waals surface area contributed by atoms with E-state index in [0.717, 1.165) is 46.9 Å². The van der Waals surface area contributed by atoms with Crippen LogP contribution in [0.5, 0.6) is 0 Å². The molecule has 0 amide bonds. The van der Waals surface area contributed by atoms with E-state index in [1.165, 1.54) is 5.56 Å². The van der Waals surface area contributed by atoms with Crippen LogP contribution in [-0.4, -0.2) is 20.5 Å². The maximum absolute atomic E-state index is 11.3. The SMILES string of the molecule is CCCCn1ncc(-c2nc(CC(C)=O)cs2)c1-c1ccc(C)cc1. The maximum Gasteiger partial charge on any atom is 0.135 e. The number of carbonyl (C=O) groups excluding carboxylic acids is 1. The van der Waals surface area contributed by atoms with Crippen molar-refractivity contribution in [2.45, 2.75) is 46.6 Å². The molecule has 2 aromatic heterocycles.